The Labute approximate surface area is 114 Å². The number of halogens is 2. The van der Waals surface area contributed by atoms with E-state index in [-0.39, 0.29) is 0 Å². The SMILES string of the molecule is Fc1cc(F)c2sc(CNC3CC3)c(C3CC3)c2c1. The predicted molar refractivity (Wildman–Crippen MR) is 73.6 cm³/mol. The molecule has 1 aromatic heterocycles. The van der Waals surface area contributed by atoms with Gasteiger partial charge in [0.05, 0.1) is 4.70 Å². The molecule has 2 fully saturated rings. The normalized spacial score (nSPS) is 19.3. The van der Waals surface area contributed by atoms with E-state index in [0.717, 1.165) is 30.8 Å². The van der Waals surface area contributed by atoms with Gasteiger partial charge in [0, 0.05) is 28.9 Å². The first-order valence-corrected chi connectivity index (χ1v) is 7.67. The molecule has 0 unspecified atom stereocenters. The Bertz CT molecular complexity index is 641. The van der Waals surface area contributed by atoms with Crippen LogP contribution in [-0.2, 0) is 6.54 Å². The number of hydrogen-bond donors (Lipinski definition) is 1. The van der Waals surface area contributed by atoms with Crippen LogP contribution in [0.15, 0.2) is 12.1 Å². The summed E-state index contributed by atoms with van der Waals surface area (Å²) in [6, 6.07) is 3.13. The van der Waals surface area contributed by atoms with Crippen molar-refractivity contribution in [1.29, 1.82) is 0 Å². The Balaban J connectivity index is 1.81. The van der Waals surface area contributed by atoms with Gasteiger partial charge in [-0.25, -0.2) is 8.78 Å². The first kappa shape index (κ1) is 11.8. The number of nitrogens with one attached hydrogen (secondary N) is 1. The third-order valence-corrected chi connectivity index (χ3v) is 5.17. The van der Waals surface area contributed by atoms with E-state index in [0.29, 0.717) is 16.7 Å². The number of rotatable bonds is 4. The van der Waals surface area contributed by atoms with E-state index in [1.807, 2.05) is 0 Å². The average molecular weight is 279 g/mol. The second-order valence-electron chi connectivity index (χ2n) is 5.63. The Morgan fingerprint density at radius 1 is 1.16 bits per heavy atom. The van der Waals surface area contributed by atoms with Crippen LogP contribution in [-0.4, -0.2) is 6.04 Å². The van der Waals surface area contributed by atoms with Crippen LogP contribution >= 0.6 is 11.3 Å². The van der Waals surface area contributed by atoms with Crippen molar-refractivity contribution in [2.24, 2.45) is 0 Å². The van der Waals surface area contributed by atoms with Gasteiger partial charge in [-0.15, -0.1) is 11.3 Å². The smallest absolute Gasteiger partial charge is 0.143 e. The van der Waals surface area contributed by atoms with Crippen molar-refractivity contribution >= 4 is 21.4 Å². The van der Waals surface area contributed by atoms with Crippen LogP contribution in [0.4, 0.5) is 8.78 Å². The highest BCUT2D eigenvalue weighted by Crippen LogP contribution is 2.48. The molecule has 2 aliphatic carbocycles. The van der Waals surface area contributed by atoms with Crippen molar-refractivity contribution in [3.8, 4) is 0 Å². The van der Waals surface area contributed by atoms with Gasteiger partial charge in [0.15, 0.2) is 0 Å². The molecule has 0 amide bonds. The molecule has 0 saturated heterocycles. The fourth-order valence-corrected chi connectivity index (χ4v) is 3.89. The molecule has 1 aromatic carbocycles. The molecule has 0 spiro atoms. The van der Waals surface area contributed by atoms with E-state index in [2.05, 4.69) is 5.32 Å². The van der Waals surface area contributed by atoms with Crippen molar-refractivity contribution in [2.75, 3.05) is 0 Å². The van der Waals surface area contributed by atoms with E-state index < -0.39 is 11.6 Å². The molecule has 1 N–H and O–H groups in total. The average Bonchev–Trinajstić information content (AvgIpc) is 3.26. The molecule has 2 aliphatic rings. The Kier molecular flexibility index (Phi) is 2.64. The summed E-state index contributed by atoms with van der Waals surface area (Å²) in [6.07, 6.45) is 4.79. The maximum atomic E-state index is 13.9. The predicted octanol–water partition coefficient (Wildman–Crippen LogP) is 4.31. The molecule has 4 rings (SSSR count). The maximum Gasteiger partial charge on any atom is 0.143 e. The highest BCUT2D eigenvalue weighted by molar-refractivity contribution is 7.19. The minimum Gasteiger partial charge on any atom is -0.309 e. The topological polar surface area (TPSA) is 12.0 Å². The van der Waals surface area contributed by atoms with Gasteiger partial charge in [-0.3, -0.25) is 0 Å². The summed E-state index contributed by atoms with van der Waals surface area (Å²) in [5.74, 6) is -0.364. The molecule has 0 aliphatic heterocycles. The lowest BCUT2D eigenvalue weighted by molar-refractivity contribution is 0.593. The van der Waals surface area contributed by atoms with Gasteiger partial charge >= 0.3 is 0 Å². The largest absolute Gasteiger partial charge is 0.309 e. The lowest BCUT2D eigenvalue weighted by atomic mass is 10.1. The van der Waals surface area contributed by atoms with Crippen LogP contribution in [0.1, 0.15) is 42.0 Å². The Hall–Kier alpha value is -1.00. The third kappa shape index (κ3) is 2.17. The van der Waals surface area contributed by atoms with E-state index >= 15 is 0 Å². The minimum absolute atomic E-state index is 0.417. The number of hydrogen-bond acceptors (Lipinski definition) is 2. The zero-order chi connectivity index (χ0) is 13.0. The molecule has 2 saturated carbocycles. The molecule has 0 radical (unpaired) electrons. The molecule has 19 heavy (non-hydrogen) atoms. The quantitative estimate of drug-likeness (QED) is 0.879. The molecular weight excluding hydrogens is 264 g/mol. The van der Waals surface area contributed by atoms with Crippen LogP contribution in [0.25, 0.3) is 10.1 Å². The first-order valence-electron chi connectivity index (χ1n) is 6.86. The fraction of sp³-hybridized carbons (Fsp3) is 0.467. The Morgan fingerprint density at radius 3 is 2.63 bits per heavy atom. The van der Waals surface area contributed by atoms with Crippen molar-refractivity contribution in [3.05, 3.63) is 34.2 Å². The van der Waals surface area contributed by atoms with Gasteiger partial charge in [0.1, 0.15) is 11.6 Å². The van der Waals surface area contributed by atoms with Crippen LogP contribution in [0.5, 0.6) is 0 Å². The van der Waals surface area contributed by atoms with Crippen LogP contribution < -0.4 is 5.32 Å². The Morgan fingerprint density at radius 2 is 1.95 bits per heavy atom. The summed E-state index contributed by atoms with van der Waals surface area (Å²) in [7, 11) is 0. The fourth-order valence-electron chi connectivity index (χ4n) is 2.67. The van der Waals surface area contributed by atoms with E-state index in [9.17, 15) is 8.78 Å². The second-order valence-corrected chi connectivity index (χ2v) is 6.74. The highest BCUT2D eigenvalue weighted by atomic mass is 32.1. The van der Waals surface area contributed by atoms with Crippen LogP contribution in [0.2, 0.25) is 0 Å². The summed E-state index contributed by atoms with van der Waals surface area (Å²) < 4.78 is 28.0. The van der Waals surface area contributed by atoms with Crippen molar-refractivity contribution in [3.63, 3.8) is 0 Å². The van der Waals surface area contributed by atoms with E-state index in [1.165, 1.54) is 40.7 Å². The lowest BCUT2D eigenvalue weighted by Gasteiger charge is -2.04. The van der Waals surface area contributed by atoms with Gasteiger partial charge in [0.25, 0.3) is 0 Å². The molecule has 0 bridgehead atoms. The van der Waals surface area contributed by atoms with Crippen LogP contribution in [0.3, 0.4) is 0 Å². The summed E-state index contributed by atoms with van der Waals surface area (Å²) in [4.78, 5) is 1.20. The van der Waals surface area contributed by atoms with Crippen molar-refractivity contribution < 1.29 is 8.78 Å². The zero-order valence-electron chi connectivity index (χ0n) is 10.5. The van der Waals surface area contributed by atoms with Crippen molar-refractivity contribution in [2.45, 2.75) is 44.2 Å². The molecule has 1 heterocycles. The van der Waals surface area contributed by atoms with E-state index in [1.54, 1.807) is 0 Å². The van der Waals surface area contributed by atoms with E-state index in [4.69, 9.17) is 0 Å². The minimum atomic E-state index is -0.466. The van der Waals surface area contributed by atoms with Gasteiger partial charge < -0.3 is 5.32 Å². The van der Waals surface area contributed by atoms with Gasteiger partial charge in [-0.1, -0.05) is 0 Å². The second kappa shape index (κ2) is 4.25. The van der Waals surface area contributed by atoms with Crippen LogP contribution in [0, 0.1) is 11.6 Å². The molecule has 1 nitrogen and oxygen atoms in total. The first-order chi connectivity index (χ1) is 9.22. The van der Waals surface area contributed by atoms with Crippen molar-refractivity contribution in [1.82, 2.24) is 5.32 Å². The standard InChI is InChI=1S/C15H15F2NS/c16-9-5-11-14(8-1-2-8)13(7-18-10-3-4-10)19-15(11)12(17)6-9/h5-6,8,10,18H,1-4,7H2. The lowest BCUT2D eigenvalue weighted by Crippen LogP contribution is -2.15. The number of thiophene rings is 1. The molecular formula is C15H15F2NS. The monoisotopic (exact) mass is 279 g/mol. The molecule has 0 atom stereocenters. The summed E-state index contributed by atoms with van der Waals surface area (Å²) in [6.45, 7) is 0.802. The summed E-state index contributed by atoms with van der Waals surface area (Å²) in [5.41, 5.74) is 1.20. The summed E-state index contributed by atoms with van der Waals surface area (Å²) in [5, 5.41) is 4.29. The van der Waals surface area contributed by atoms with Gasteiger partial charge in [-0.05, 0) is 43.2 Å². The number of benzene rings is 1. The summed E-state index contributed by atoms with van der Waals surface area (Å²) >= 11 is 1.49. The third-order valence-electron chi connectivity index (χ3n) is 3.94. The molecule has 4 heteroatoms. The molecule has 2 aromatic rings. The van der Waals surface area contributed by atoms with Gasteiger partial charge in [-0.2, -0.15) is 0 Å². The highest BCUT2D eigenvalue weighted by Gasteiger charge is 2.31. The maximum absolute atomic E-state index is 13.9. The van der Waals surface area contributed by atoms with Gasteiger partial charge in [0.2, 0.25) is 0 Å². The zero-order valence-corrected chi connectivity index (χ0v) is 11.3. The number of fused-ring (bicyclic) bond motifs is 1. The molecule has 100 valence electrons.